The number of ketones is 1. The molecule has 0 atom stereocenters. The van der Waals surface area contributed by atoms with E-state index in [1.807, 2.05) is 0 Å². The van der Waals surface area contributed by atoms with Crippen LogP contribution in [0.3, 0.4) is 0 Å². The topological polar surface area (TPSA) is 35.5 Å². The molecule has 0 amide bonds. The fraction of sp³-hybridized carbons (Fsp3) is 0.133. The molecule has 0 heterocycles. The van der Waals surface area contributed by atoms with Gasteiger partial charge in [-0.25, -0.2) is 4.39 Å². The van der Waals surface area contributed by atoms with E-state index in [1.165, 1.54) is 32.4 Å². The summed E-state index contributed by atoms with van der Waals surface area (Å²) in [6, 6.07) is 9.05. The lowest BCUT2D eigenvalue weighted by Gasteiger charge is -2.12. The molecule has 0 aliphatic rings. The van der Waals surface area contributed by atoms with Crippen LogP contribution in [0.5, 0.6) is 11.5 Å². The highest BCUT2D eigenvalue weighted by atomic mass is 79.9. The second-order valence-corrected chi connectivity index (χ2v) is 4.85. The van der Waals surface area contributed by atoms with Gasteiger partial charge in [0.25, 0.3) is 0 Å². The van der Waals surface area contributed by atoms with E-state index in [0.717, 1.165) is 0 Å². The molecule has 0 spiro atoms. The minimum atomic E-state index is -0.567. The number of ether oxygens (including phenoxy) is 2. The average molecular weight is 339 g/mol. The second-order valence-electron chi connectivity index (χ2n) is 4.00. The van der Waals surface area contributed by atoms with Crippen molar-refractivity contribution < 1.29 is 18.7 Å². The van der Waals surface area contributed by atoms with E-state index in [1.54, 1.807) is 18.2 Å². The minimum Gasteiger partial charge on any atom is -0.497 e. The Balaban J connectivity index is 2.58. The molecule has 0 saturated heterocycles. The van der Waals surface area contributed by atoms with Gasteiger partial charge in [-0.15, -0.1) is 0 Å². The first kappa shape index (κ1) is 14.5. The highest BCUT2D eigenvalue weighted by Crippen LogP contribution is 2.34. The Labute approximate surface area is 124 Å². The summed E-state index contributed by atoms with van der Waals surface area (Å²) in [7, 11) is 2.96. The summed E-state index contributed by atoms with van der Waals surface area (Å²) < 4.78 is 24.5. The van der Waals surface area contributed by atoms with Gasteiger partial charge < -0.3 is 9.47 Å². The maximum Gasteiger partial charge on any atom is 0.200 e. The van der Waals surface area contributed by atoms with Crippen LogP contribution in [0.1, 0.15) is 15.9 Å². The van der Waals surface area contributed by atoms with Crippen LogP contribution in [0.2, 0.25) is 0 Å². The Morgan fingerprint density at radius 3 is 2.45 bits per heavy atom. The van der Waals surface area contributed by atoms with Gasteiger partial charge in [-0.3, -0.25) is 4.79 Å². The van der Waals surface area contributed by atoms with Gasteiger partial charge >= 0.3 is 0 Å². The molecule has 0 unspecified atom stereocenters. The summed E-state index contributed by atoms with van der Waals surface area (Å²) in [5.74, 6) is -0.153. The third-order valence-electron chi connectivity index (χ3n) is 2.83. The highest BCUT2D eigenvalue weighted by Gasteiger charge is 2.21. The average Bonchev–Trinajstić information content (AvgIpc) is 2.46. The molecule has 20 heavy (non-hydrogen) atoms. The van der Waals surface area contributed by atoms with Crippen molar-refractivity contribution in [3.8, 4) is 11.5 Å². The zero-order chi connectivity index (χ0) is 14.7. The number of hydrogen-bond donors (Lipinski definition) is 0. The van der Waals surface area contributed by atoms with E-state index in [4.69, 9.17) is 9.47 Å². The molecule has 0 saturated carbocycles. The van der Waals surface area contributed by atoms with Crippen LogP contribution in [-0.2, 0) is 0 Å². The minimum absolute atomic E-state index is 0.00309. The fourth-order valence-corrected chi connectivity index (χ4v) is 2.44. The summed E-state index contributed by atoms with van der Waals surface area (Å²) in [6.45, 7) is 0. The van der Waals surface area contributed by atoms with Crippen molar-refractivity contribution >= 4 is 21.7 Å². The molecule has 3 nitrogen and oxygen atoms in total. The fourth-order valence-electron chi connectivity index (χ4n) is 1.84. The molecular weight excluding hydrogens is 327 g/mol. The van der Waals surface area contributed by atoms with Gasteiger partial charge in [0.2, 0.25) is 5.78 Å². The van der Waals surface area contributed by atoms with E-state index in [2.05, 4.69) is 15.9 Å². The normalized spacial score (nSPS) is 10.2. The van der Waals surface area contributed by atoms with Crippen molar-refractivity contribution in [3.63, 3.8) is 0 Å². The number of halogens is 2. The Morgan fingerprint density at radius 1 is 1.15 bits per heavy atom. The summed E-state index contributed by atoms with van der Waals surface area (Å²) in [6.07, 6.45) is 0. The zero-order valence-electron chi connectivity index (χ0n) is 10.9. The summed E-state index contributed by atoms with van der Waals surface area (Å²) >= 11 is 3.30. The summed E-state index contributed by atoms with van der Waals surface area (Å²) in [4.78, 5) is 12.5. The van der Waals surface area contributed by atoms with Gasteiger partial charge in [0.15, 0.2) is 0 Å². The lowest BCUT2D eigenvalue weighted by atomic mass is 10.0. The van der Waals surface area contributed by atoms with Crippen LogP contribution in [0, 0.1) is 5.82 Å². The third-order valence-corrected chi connectivity index (χ3v) is 3.45. The molecule has 0 fully saturated rings. The van der Waals surface area contributed by atoms with Gasteiger partial charge in [0.1, 0.15) is 17.3 Å². The number of methoxy groups -OCH3 is 2. The van der Waals surface area contributed by atoms with Crippen molar-refractivity contribution in [2.24, 2.45) is 0 Å². The van der Waals surface area contributed by atoms with Crippen molar-refractivity contribution in [2.45, 2.75) is 0 Å². The third kappa shape index (κ3) is 2.67. The standard InChI is InChI=1S/C15H12BrFO3/c1-19-9-7-11(16)14(13(8-9)20-2)15(18)10-5-3-4-6-12(10)17/h3-8H,1-2H3. The molecule has 0 N–H and O–H groups in total. The smallest absolute Gasteiger partial charge is 0.200 e. The van der Waals surface area contributed by atoms with E-state index in [-0.39, 0.29) is 11.1 Å². The molecule has 0 radical (unpaired) electrons. The number of carbonyl (C=O) groups excluding carboxylic acids is 1. The van der Waals surface area contributed by atoms with Crippen LogP contribution in [0.4, 0.5) is 4.39 Å². The van der Waals surface area contributed by atoms with E-state index < -0.39 is 11.6 Å². The summed E-state index contributed by atoms with van der Waals surface area (Å²) in [5.41, 5.74) is 0.259. The van der Waals surface area contributed by atoms with Gasteiger partial charge in [-0.1, -0.05) is 12.1 Å². The predicted molar refractivity (Wildman–Crippen MR) is 77.1 cm³/mol. The van der Waals surface area contributed by atoms with Gasteiger partial charge in [-0.05, 0) is 34.1 Å². The molecule has 2 rings (SSSR count). The Kier molecular flexibility index (Phi) is 4.39. The molecule has 0 aromatic heterocycles. The van der Waals surface area contributed by atoms with E-state index in [0.29, 0.717) is 16.0 Å². The van der Waals surface area contributed by atoms with Crippen LogP contribution < -0.4 is 9.47 Å². The van der Waals surface area contributed by atoms with Crippen molar-refractivity contribution in [1.82, 2.24) is 0 Å². The molecule has 0 bridgehead atoms. The molecular formula is C15H12BrFO3. The van der Waals surface area contributed by atoms with Gasteiger partial charge in [-0.2, -0.15) is 0 Å². The molecule has 0 aliphatic carbocycles. The quantitative estimate of drug-likeness (QED) is 0.794. The molecule has 104 valence electrons. The Hall–Kier alpha value is -1.88. The molecule has 5 heteroatoms. The maximum absolute atomic E-state index is 13.7. The van der Waals surface area contributed by atoms with Crippen LogP contribution in [0.25, 0.3) is 0 Å². The molecule has 2 aromatic rings. The van der Waals surface area contributed by atoms with Crippen molar-refractivity contribution in [1.29, 1.82) is 0 Å². The molecule has 0 aliphatic heterocycles. The largest absolute Gasteiger partial charge is 0.497 e. The first-order valence-electron chi connectivity index (χ1n) is 5.79. The first-order valence-corrected chi connectivity index (χ1v) is 6.58. The molecule has 2 aromatic carbocycles. The van der Waals surface area contributed by atoms with Crippen molar-refractivity contribution in [3.05, 3.63) is 57.8 Å². The number of rotatable bonds is 4. The van der Waals surface area contributed by atoms with E-state index >= 15 is 0 Å². The monoisotopic (exact) mass is 338 g/mol. The Bertz CT molecular complexity index is 656. The zero-order valence-corrected chi connectivity index (χ0v) is 12.5. The van der Waals surface area contributed by atoms with E-state index in [9.17, 15) is 9.18 Å². The lowest BCUT2D eigenvalue weighted by molar-refractivity contribution is 0.103. The van der Waals surface area contributed by atoms with Gasteiger partial charge in [0, 0.05) is 10.5 Å². The van der Waals surface area contributed by atoms with Crippen LogP contribution >= 0.6 is 15.9 Å². The second kappa shape index (κ2) is 6.05. The van der Waals surface area contributed by atoms with Gasteiger partial charge in [0.05, 0.1) is 25.3 Å². The maximum atomic E-state index is 13.7. The SMILES string of the molecule is COc1cc(Br)c(C(=O)c2ccccc2F)c(OC)c1. The van der Waals surface area contributed by atoms with Crippen molar-refractivity contribution in [2.75, 3.05) is 14.2 Å². The lowest BCUT2D eigenvalue weighted by Crippen LogP contribution is -2.07. The summed E-state index contributed by atoms with van der Waals surface area (Å²) in [5, 5.41) is 0. The number of carbonyl (C=O) groups is 1. The Morgan fingerprint density at radius 2 is 1.85 bits per heavy atom. The predicted octanol–water partition coefficient (Wildman–Crippen LogP) is 3.84. The van der Waals surface area contributed by atoms with Crippen LogP contribution in [-0.4, -0.2) is 20.0 Å². The first-order chi connectivity index (χ1) is 9.58. The van der Waals surface area contributed by atoms with Crippen LogP contribution in [0.15, 0.2) is 40.9 Å². The number of hydrogen-bond acceptors (Lipinski definition) is 3. The number of benzene rings is 2. The highest BCUT2D eigenvalue weighted by molar-refractivity contribution is 9.10.